The number of benzene rings is 2. The average Bonchev–Trinajstić information content (AvgIpc) is 3.35. The fraction of sp³-hybridized carbons (Fsp3) is 0.424. The lowest BCUT2D eigenvalue weighted by Crippen LogP contribution is -2.44. The number of likely N-dealkylation sites (tertiary alicyclic amines) is 1. The van der Waals surface area contributed by atoms with Crippen LogP contribution in [0.15, 0.2) is 48.5 Å². The Morgan fingerprint density at radius 2 is 1.65 bits per heavy atom. The van der Waals surface area contributed by atoms with Crippen LogP contribution < -0.4 is 19.7 Å². The zero-order valence-electron chi connectivity index (χ0n) is 25.5. The first-order valence-corrected chi connectivity index (χ1v) is 15.0. The van der Waals surface area contributed by atoms with Gasteiger partial charge in [-0.3, -0.25) is 14.5 Å². The molecule has 2 N–H and O–H groups in total. The van der Waals surface area contributed by atoms with Crippen LogP contribution in [0.2, 0.25) is 0 Å². The number of hydrogen-bond acceptors (Lipinski definition) is 7. The standard InChI is InChI=1S/C33H36F4N4O5/c1-45-22-14-25(34)30(26(35)15-22)24-18-41(33(44)31(24)39-32(43)21-5-3-19(4-6-21)13-28(36)37)29-17-23(46-2)16-27(38-29)20-7-9-40(10-8-20)11-12-42/h3-6,14-17,20,24,28,31,42H,7-13,18H2,1-2H3,(H,39,43)/t24-,31-/m0/s1. The number of aliphatic hydroxyl groups excluding tert-OH is 1. The fourth-order valence-electron chi connectivity index (χ4n) is 6.16. The Hall–Kier alpha value is -4.23. The number of hydrogen-bond donors (Lipinski definition) is 2. The molecule has 246 valence electrons. The molecule has 5 rings (SSSR count). The van der Waals surface area contributed by atoms with E-state index in [2.05, 4.69) is 10.2 Å². The van der Waals surface area contributed by atoms with E-state index in [1.165, 1.54) is 43.4 Å². The van der Waals surface area contributed by atoms with Gasteiger partial charge in [0.15, 0.2) is 0 Å². The van der Waals surface area contributed by atoms with Crippen molar-refractivity contribution in [2.45, 2.75) is 43.6 Å². The van der Waals surface area contributed by atoms with Gasteiger partial charge in [-0.15, -0.1) is 0 Å². The Morgan fingerprint density at radius 1 is 1.02 bits per heavy atom. The van der Waals surface area contributed by atoms with E-state index in [4.69, 9.17) is 14.5 Å². The number of nitrogens with one attached hydrogen (secondary N) is 1. The molecule has 2 aliphatic rings. The SMILES string of the molecule is COc1cc(C2CCN(CCO)CC2)nc(N2C[C@@H](c3c(F)cc(OC)cc3F)[C@H](NC(=O)c3ccc(CC(F)F)cc3)C2=O)c1. The van der Waals surface area contributed by atoms with Crippen LogP contribution in [0.1, 0.15) is 51.9 Å². The second-order valence-corrected chi connectivity index (χ2v) is 11.4. The van der Waals surface area contributed by atoms with Gasteiger partial charge in [-0.25, -0.2) is 22.5 Å². The van der Waals surface area contributed by atoms with Gasteiger partial charge < -0.3 is 24.8 Å². The number of amides is 2. The number of pyridine rings is 1. The van der Waals surface area contributed by atoms with Crippen LogP contribution in [0.25, 0.3) is 0 Å². The topological polar surface area (TPSA) is 104 Å². The molecule has 3 heterocycles. The average molecular weight is 645 g/mol. The summed E-state index contributed by atoms with van der Waals surface area (Å²) < 4.78 is 67.0. The molecule has 2 amide bonds. The van der Waals surface area contributed by atoms with E-state index >= 15 is 8.78 Å². The predicted molar refractivity (Wildman–Crippen MR) is 162 cm³/mol. The summed E-state index contributed by atoms with van der Waals surface area (Å²) in [6.45, 7) is 1.97. The van der Waals surface area contributed by atoms with Crippen LogP contribution in [-0.4, -0.2) is 86.3 Å². The number of aromatic nitrogens is 1. The Kier molecular flexibility index (Phi) is 10.4. The van der Waals surface area contributed by atoms with Crippen molar-refractivity contribution < 1.29 is 41.7 Å². The number of alkyl halides is 2. The largest absolute Gasteiger partial charge is 0.497 e. The molecule has 2 saturated heterocycles. The Morgan fingerprint density at radius 3 is 2.24 bits per heavy atom. The Bertz CT molecular complexity index is 1530. The fourth-order valence-corrected chi connectivity index (χ4v) is 6.16. The minimum absolute atomic E-state index is 0.0476. The number of rotatable bonds is 11. The molecule has 2 fully saturated rings. The van der Waals surface area contributed by atoms with Gasteiger partial charge in [-0.2, -0.15) is 0 Å². The minimum Gasteiger partial charge on any atom is -0.497 e. The van der Waals surface area contributed by atoms with Gasteiger partial charge in [-0.1, -0.05) is 12.1 Å². The third-order valence-corrected chi connectivity index (χ3v) is 8.60. The zero-order chi connectivity index (χ0) is 33.0. The van der Waals surface area contributed by atoms with Crippen molar-refractivity contribution in [3.63, 3.8) is 0 Å². The van der Waals surface area contributed by atoms with Gasteiger partial charge in [0.1, 0.15) is 35.0 Å². The number of aliphatic hydroxyl groups is 1. The van der Waals surface area contributed by atoms with Crippen LogP contribution in [0.5, 0.6) is 11.5 Å². The van der Waals surface area contributed by atoms with Gasteiger partial charge in [0.05, 0.1) is 20.8 Å². The second-order valence-electron chi connectivity index (χ2n) is 11.4. The van der Waals surface area contributed by atoms with Crippen molar-refractivity contribution in [3.05, 3.63) is 82.5 Å². The van der Waals surface area contributed by atoms with Crippen molar-refractivity contribution in [2.75, 3.05) is 51.9 Å². The molecule has 0 aliphatic carbocycles. The quantitative estimate of drug-likeness (QED) is 0.301. The summed E-state index contributed by atoms with van der Waals surface area (Å²) >= 11 is 0. The summed E-state index contributed by atoms with van der Waals surface area (Å²) in [5, 5.41) is 11.9. The van der Waals surface area contributed by atoms with Crippen molar-refractivity contribution in [1.82, 2.24) is 15.2 Å². The van der Waals surface area contributed by atoms with Gasteiger partial charge in [0, 0.05) is 72.4 Å². The lowest BCUT2D eigenvalue weighted by Gasteiger charge is -2.31. The van der Waals surface area contributed by atoms with Crippen LogP contribution >= 0.6 is 0 Å². The Labute approximate surface area is 264 Å². The highest BCUT2D eigenvalue weighted by atomic mass is 19.3. The summed E-state index contributed by atoms with van der Waals surface area (Å²) in [4.78, 5) is 35.6. The highest BCUT2D eigenvalue weighted by molar-refractivity contribution is 6.04. The van der Waals surface area contributed by atoms with E-state index in [9.17, 15) is 23.5 Å². The molecule has 0 unspecified atom stereocenters. The number of methoxy groups -OCH3 is 2. The van der Waals surface area contributed by atoms with Gasteiger partial charge in [0.25, 0.3) is 11.8 Å². The molecule has 0 radical (unpaired) electrons. The molecule has 2 atom stereocenters. The van der Waals surface area contributed by atoms with Crippen molar-refractivity contribution in [1.29, 1.82) is 0 Å². The molecule has 46 heavy (non-hydrogen) atoms. The molecule has 2 aliphatic heterocycles. The van der Waals surface area contributed by atoms with Crippen LogP contribution in [0.3, 0.4) is 0 Å². The lowest BCUT2D eigenvalue weighted by atomic mass is 9.92. The summed E-state index contributed by atoms with van der Waals surface area (Å²) in [6.07, 6.45) is -1.49. The second kappa shape index (κ2) is 14.5. The number of anilines is 1. The maximum atomic E-state index is 15.4. The summed E-state index contributed by atoms with van der Waals surface area (Å²) in [6, 6.07) is 9.49. The first-order valence-electron chi connectivity index (χ1n) is 15.0. The van der Waals surface area contributed by atoms with Crippen molar-refractivity contribution in [2.24, 2.45) is 0 Å². The third kappa shape index (κ3) is 7.26. The highest BCUT2D eigenvalue weighted by Crippen LogP contribution is 2.38. The smallest absolute Gasteiger partial charge is 0.251 e. The van der Waals surface area contributed by atoms with Crippen LogP contribution in [-0.2, 0) is 11.2 Å². The molecule has 1 aromatic heterocycles. The first-order chi connectivity index (χ1) is 22.1. The van der Waals surface area contributed by atoms with Gasteiger partial charge in [-0.05, 0) is 43.6 Å². The normalized spacial score (nSPS) is 19.1. The zero-order valence-corrected chi connectivity index (χ0v) is 25.5. The number of piperidine rings is 1. The van der Waals surface area contributed by atoms with Gasteiger partial charge >= 0.3 is 0 Å². The van der Waals surface area contributed by atoms with E-state index in [1.54, 1.807) is 12.1 Å². The van der Waals surface area contributed by atoms with Gasteiger partial charge in [0.2, 0.25) is 6.43 Å². The van der Waals surface area contributed by atoms with E-state index in [0.717, 1.165) is 38.1 Å². The molecule has 0 saturated carbocycles. The van der Waals surface area contributed by atoms with E-state index in [-0.39, 0.29) is 36.2 Å². The van der Waals surface area contributed by atoms with E-state index in [1.807, 2.05) is 0 Å². The summed E-state index contributed by atoms with van der Waals surface area (Å²) in [7, 11) is 2.76. The lowest BCUT2D eigenvalue weighted by molar-refractivity contribution is -0.118. The number of carbonyl (C=O) groups excluding carboxylic acids is 2. The number of ether oxygens (including phenoxy) is 2. The minimum atomic E-state index is -2.55. The maximum Gasteiger partial charge on any atom is 0.251 e. The number of halogens is 4. The third-order valence-electron chi connectivity index (χ3n) is 8.60. The molecule has 9 nitrogen and oxygen atoms in total. The van der Waals surface area contributed by atoms with E-state index in [0.29, 0.717) is 23.6 Å². The van der Waals surface area contributed by atoms with Crippen LogP contribution in [0, 0.1) is 11.6 Å². The maximum absolute atomic E-state index is 15.4. The first kappa shape index (κ1) is 33.1. The van der Waals surface area contributed by atoms with Crippen LogP contribution in [0.4, 0.5) is 23.4 Å². The summed E-state index contributed by atoms with van der Waals surface area (Å²) in [5.41, 5.74) is 0.719. The molecular weight excluding hydrogens is 608 g/mol. The predicted octanol–water partition coefficient (Wildman–Crippen LogP) is 4.29. The molecule has 13 heteroatoms. The molecule has 0 spiro atoms. The number of β-amino-alcohol motifs (C(OH)–C–C–N with tert-alkyl or cyclic N) is 1. The summed E-state index contributed by atoms with van der Waals surface area (Å²) in [5.74, 6) is -3.72. The Balaban J connectivity index is 1.47. The molecular formula is C33H36F4N4O5. The van der Waals surface area contributed by atoms with E-state index < -0.39 is 53.8 Å². The highest BCUT2D eigenvalue weighted by Gasteiger charge is 2.46. The monoisotopic (exact) mass is 644 g/mol. The number of nitrogens with zero attached hydrogens (tertiary/aromatic N) is 3. The molecule has 0 bridgehead atoms. The molecule has 3 aromatic rings. The molecule has 2 aromatic carbocycles. The van der Waals surface area contributed by atoms with Crippen molar-refractivity contribution in [3.8, 4) is 11.5 Å². The van der Waals surface area contributed by atoms with Crippen molar-refractivity contribution >= 4 is 17.6 Å². The number of carbonyl (C=O) groups is 2.